The number of aromatic carboxylic acids is 1. The van der Waals surface area contributed by atoms with E-state index in [-0.39, 0.29) is 11.7 Å². The standard InChI is InChI=1S/C14H15NO4/c16-14(17)10-4-1-5-11-13(10)15-12(19-11)7-6-9-3-2-8-18-9/h1,4-5,9H,2-3,6-8H2,(H,16,17). The minimum atomic E-state index is -0.982. The predicted molar refractivity (Wildman–Crippen MR) is 68.3 cm³/mol. The monoisotopic (exact) mass is 261 g/mol. The normalized spacial score (nSPS) is 19.1. The van der Waals surface area contributed by atoms with Gasteiger partial charge in [0, 0.05) is 13.0 Å². The van der Waals surface area contributed by atoms with Gasteiger partial charge in [0.05, 0.1) is 11.7 Å². The van der Waals surface area contributed by atoms with Crippen molar-refractivity contribution in [3.8, 4) is 0 Å². The van der Waals surface area contributed by atoms with E-state index in [0.717, 1.165) is 25.9 Å². The zero-order chi connectivity index (χ0) is 13.2. The number of para-hydroxylation sites is 1. The van der Waals surface area contributed by atoms with Crippen LogP contribution in [0.1, 0.15) is 35.5 Å². The van der Waals surface area contributed by atoms with Crippen LogP contribution in [-0.4, -0.2) is 28.8 Å². The molecule has 0 aliphatic carbocycles. The molecular formula is C14H15NO4. The van der Waals surface area contributed by atoms with Crippen LogP contribution in [0.4, 0.5) is 0 Å². The molecule has 0 amide bonds. The largest absolute Gasteiger partial charge is 0.478 e. The lowest BCUT2D eigenvalue weighted by atomic mass is 10.1. The quantitative estimate of drug-likeness (QED) is 0.915. The molecule has 1 aliphatic heterocycles. The summed E-state index contributed by atoms with van der Waals surface area (Å²) in [6, 6.07) is 4.95. The fraction of sp³-hybridized carbons (Fsp3) is 0.429. The van der Waals surface area contributed by atoms with Gasteiger partial charge >= 0.3 is 5.97 Å². The van der Waals surface area contributed by atoms with Gasteiger partial charge in [0.1, 0.15) is 5.52 Å². The molecule has 0 radical (unpaired) electrons. The van der Waals surface area contributed by atoms with Crippen molar-refractivity contribution in [3.63, 3.8) is 0 Å². The van der Waals surface area contributed by atoms with Crippen molar-refractivity contribution in [2.45, 2.75) is 31.8 Å². The molecule has 1 fully saturated rings. The summed E-state index contributed by atoms with van der Waals surface area (Å²) in [6.45, 7) is 0.835. The maximum atomic E-state index is 11.1. The average Bonchev–Trinajstić information content (AvgIpc) is 3.04. The number of aryl methyl sites for hydroxylation is 1. The van der Waals surface area contributed by atoms with Gasteiger partial charge in [0.2, 0.25) is 0 Å². The Hall–Kier alpha value is -1.88. The lowest BCUT2D eigenvalue weighted by Gasteiger charge is -2.05. The van der Waals surface area contributed by atoms with Gasteiger partial charge in [0.25, 0.3) is 0 Å². The summed E-state index contributed by atoms with van der Waals surface area (Å²) < 4.78 is 11.1. The van der Waals surface area contributed by atoms with Crippen LogP contribution in [0.25, 0.3) is 11.1 Å². The molecule has 0 bridgehead atoms. The lowest BCUT2D eigenvalue weighted by Crippen LogP contribution is -2.06. The molecule has 1 unspecified atom stereocenters. The predicted octanol–water partition coefficient (Wildman–Crippen LogP) is 2.64. The molecule has 2 heterocycles. The van der Waals surface area contributed by atoms with Crippen LogP contribution in [-0.2, 0) is 11.2 Å². The van der Waals surface area contributed by atoms with Crippen LogP contribution in [0.3, 0.4) is 0 Å². The molecule has 1 aromatic heterocycles. The molecule has 1 aliphatic rings. The van der Waals surface area contributed by atoms with Crippen LogP contribution in [0, 0.1) is 0 Å². The van der Waals surface area contributed by atoms with Gasteiger partial charge in [-0.3, -0.25) is 0 Å². The number of hydrogen-bond acceptors (Lipinski definition) is 4. The Morgan fingerprint density at radius 2 is 2.37 bits per heavy atom. The molecule has 100 valence electrons. The molecule has 0 spiro atoms. The zero-order valence-corrected chi connectivity index (χ0v) is 10.5. The first-order valence-electron chi connectivity index (χ1n) is 6.47. The Morgan fingerprint density at radius 1 is 1.47 bits per heavy atom. The highest BCUT2D eigenvalue weighted by molar-refractivity contribution is 6.00. The highest BCUT2D eigenvalue weighted by Gasteiger charge is 2.18. The number of ether oxygens (including phenoxy) is 1. The number of rotatable bonds is 4. The van der Waals surface area contributed by atoms with E-state index in [1.165, 1.54) is 6.07 Å². The number of benzene rings is 1. The smallest absolute Gasteiger partial charge is 0.338 e. The number of nitrogens with zero attached hydrogens (tertiary/aromatic N) is 1. The van der Waals surface area contributed by atoms with Crippen molar-refractivity contribution >= 4 is 17.1 Å². The third kappa shape index (κ3) is 2.46. The fourth-order valence-corrected chi connectivity index (χ4v) is 2.43. The number of carboxylic acids is 1. The van der Waals surface area contributed by atoms with E-state index >= 15 is 0 Å². The molecule has 3 rings (SSSR count). The summed E-state index contributed by atoms with van der Waals surface area (Å²) in [5.74, 6) is -0.399. The number of carbonyl (C=O) groups is 1. The van der Waals surface area contributed by atoms with E-state index in [2.05, 4.69) is 4.98 Å². The summed E-state index contributed by atoms with van der Waals surface area (Å²) in [6.07, 6.45) is 4.03. The third-order valence-corrected chi connectivity index (χ3v) is 3.40. The summed E-state index contributed by atoms with van der Waals surface area (Å²) >= 11 is 0. The van der Waals surface area contributed by atoms with Gasteiger partial charge in [-0.25, -0.2) is 9.78 Å². The highest BCUT2D eigenvalue weighted by atomic mass is 16.5. The van der Waals surface area contributed by atoms with Crippen molar-refractivity contribution in [3.05, 3.63) is 29.7 Å². The van der Waals surface area contributed by atoms with Crippen molar-refractivity contribution in [1.82, 2.24) is 4.98 Å². The lowest BCUT2D eigenvalue weighted by molar-refractivity contribution is 0.0698. The third-order valence-electron chi connectivity index (χ3n) is 3.40. The Bertz CT molecular complexity index is 599. The first-order chi connectivity index (χ1) is 9.24. The van der Waals surface area contributed by atoms with Gasteiger partial charge in [-0.05, 0) is 31.4 Å². The maximum absolute atomic E-state index is 11.1. The van der Waals surface area contributed by atoms with Crippen LogP contribution >= 0.6 is 0 Å². The Labute approximate surface area is 110 Å². The molecule has 1 saturated heterocycles. The Balaban J connectivity index is 1.80. The van der Waals surface area contributed by atoms with Crippen LogP contribution < -0.4 is 0 Å². The van der Waals surface area contributed by atoms with Gasteiger partial charge < -0.3 is 14.3 Å². The van der Waals surface area contributed by atoms with Gasteiger partial charge in [0.15, 0.2) is 11.5 Å². The Kier molecular flexibility index (Phi) is 3.21. The fourth-order valence-electron chi connectivity index (χ4n) is 2.43. The number of oxazole rings is 1. The molecule has 1 N–H and O–H groups in total. The number of aromatic nitrogens is 1. The minimum Gasteiger partial charge on any atom is -0.478 e. The van der Waals surface area contributed by atoms with E-state index in [1.54, 1.807) is 12.1 Å². The second-order valence-electron chi connectivity index (χ2n) is 4.74. The second-order valence-corrected chi connectivity index (χ2v) is 4.74. The van der Waals surface area contributed by atoms with Crippen LogP contribution in [0.2, 0.25) is 0 Å². The summed E-state index contributed by atoms with van der Waals surface area (Å²) in [5.41, 5.74) is 1.14. The molecule has 19 heavy (non-hydrogen) atoms. The van der Waals surface area contributed by atoms with Crippen molar-refractivity contribution in [2.75, 3.05) is 6.61 Å². The number of carboxylic acid groups (broad SMARTS) is 1. The minimum absolute atomic E-state index is 0.185. The number of fused-ring (bicyclic) bond motifs is 1. The maximum Gasteiger partial charge on any atom is 0.338 e. The highest BCUT2D eigenvalue weighted by Crippen LogP contribution is 2.22. The number of hydrogen-bond donors (Lipinski definition) is 1. The molecular weight excluding hydrogens is 246 g/mol. The van der Waals surface area contributed by atoms with Gasteiger partial charge in [-0.1, -0.05) is 6.07 Å². The molecule has 2 aromatic rings. The molecule has 5 nitrogen and oxygen atoms in total. The molecule has 5 heteroatoms. The van der Waals surface area contributed by atoms with Crippen molar-refractivity contribution in [2.24, 2.45) is 0 Å². The van der Waals surface area contributed by atoms with Crippen molar-refractivity contribution < 1.29 is 19.1 Å². The molecule has 0 saturated carbocycles. The first kappa shape index (κ1) is 12.2. The van der Waals surface area contributed by atoms with E-state index in [0.29, 0.717) is 23.4 Å². The average molecular weight is 261 g/mol. The van der Waals surface area contributed by atoms with E-state index in [4.69, 9.17) is 14.3 Å². The first-order valence-corrected chi connectivity index (χ1v) is 6.47. The van der Waals surface area contributed by atoms with E-state index < -0.39 is 5.97 Å². The summed E-state index contributed by atoms with van der Waals surface area (Å²) in [7, 11) is 0. The zero-order valence-electron chi connectivity index (χ0n) is 10.5. The van der Waals surface area contributed by atoms with Crippen LogP contribution in [0.5, 0.6) is 0 Å². The second kappa shape index (κ2) is 5.01. The van der Waals surface area contributed by atoms with Gasteiger partial charge in [-0.2, -0.15) is 0 Å². The summed E-state index contributed by atoms with van der Waals surface area (Å²) in [5, 5.41) is 9.09. The molecule has 1 atom stereocenters. The topological polar surface area (TPSA) is 72.6 Å². The van der Waals surface area contributed by atoms with Crippen LogP contribution in [0.15, 0.2) is 22.6 Å². The molecule has 1 aromatic carbocycles. The SMILES string of the molecule is O=C(O)c1cccc2oc(CCC3CCCO3)nc12. The van der Waals surface area contributed by atoms with E-state index in [9.17, 15) is 4.79 Å². The van der Waals surface area contributed by atoms with Crippen molar-refractivity contribution in [1.29, 1.82) is 0 Å². The van der Waals surface area contributed by atoms with Gasteiger partial charge in [-0.15, -0.1) is 0 Å². The van der Waals surface area contributed by atoms with E-state index in [1.807, 2.05) is 0 Å². The summed E-state index contributed by atoms with van der Waals surface area (Å²) in [4.78, 5) is 15.4. The Morgan fingerprint density at radius 3 is 3.11 bits per heavy atom.